The molecule has 1 fully saturated rings. The van der Waals surface area contributed by atoms with Gasteiger partial charge >= 0.3 is 0 Å². The molecule has 0 saturated carbocycles. The van der Waals surface area contributed by atoms with Crippen LogP contribution in [0.5, 0.6) is 0 Å². The van der Waals surface area contributed by atoms with E-state index in [0.29, 0.717) is 23.3 Å². The van der Waals surface area contributed by atoms with Crippen molar-refractivity contribution in [1.82, 2.24) is 10.4 Å². The van der Waals surface area contributed by atoms with Gasteiger partial charge in [0.05, 0.1) is 49.6 Å². The molecule has 0 bridgehead atoms. The van der Waals surface area contributed by atoms with Crippen LogP contribution in [-0.2, 0) is 14.4 Å². The van der Waals surface area contributed by atoms with Gasteiger partial charge in [0.15, 0.2) is 11.6 Å². The van der Waals surface area contributed by atoms with Crippen molar-refractivity contribution in [2.75, 3.05) is 58.0 Å². The number of nitrogens with one attached hydrogen (secondary N) is 2. The van der Waals surface area contributed by atoms with Crippen molar-refractivity contribution in [3.05, 3.63) is 56.4 Å². The molecule has 2 aromatic carbocycles. The summed E-state index contributed by atoms with van der Waals surface area (Å²) in [6.45, 7) is 2.98. The third-order valence-electron chi connectivity index (χ3n) is 4.90. The maximum absolute atomic E-state index is 15.0. The number of hydrogen-bond donors (Lipinski definition) is 3. The summed E-state index contributed by atoms with van der Waals surface area (Å²) < 4.78 is 50.0. The van der Waals surface area contributed by atoms with Crippen LogP contribution in [-0.4, -0.2) is 74.8 Å². The Morgan fingerprint density at radius 3 is 2.69 bits per heavy atom. The minimum atomic E-state index is -1.42. The molecule has 1 heterocycles. The Balaban J connectivity index is 1.81. The van der Waals surface area contributed by atoms with Crippen LogP contribution in [0, 0.1) is 21.0 Å². The Morgan fingerprint density at radius 2 is 1.97 bits per heavy atom. The molecule has 13 heteroatoms. The number of amides is 1. The summed E-state index contributed by atoms with van der Waals surface area (Å²) in [4.78, 5) is 24.6. The van der Waals surface area contributed by atoms with Crippen molar-refractivity contribution in [1.29, 1.82) is 0 Å². The third kappa shape index (κ3) is 7.76. The molecule has 35 heavy (non-hydrogen) atoms. The highest BCUT2D eigenvalue weighted by Gasteiger charge is 2.23. The zero-order chi connectivity index (χ0) is 25.2. The number of rotatable bonds is 11. The fourth-order valence-electron chi connectivity index (χ4n) is 3.13. The maximum atomic E-state index is 15.0. The largest absolute Gasteiger partial charge is 0.394 e. The molecule has 0 unspecified atom stereocenters. The molecule has 0 spiro atoms. The minimum Gasteiger partial charge on any atom is -0.394 e. The lowest BCUT2D eigenvalue weighted by Gasteiger charge is -2.25. The molecular weight excluding hydrogens is 584 g/mol. The lowest BCUT2D eigenvalue weighted by Crippen LogP contribution is -2.38. The molecule has 2 aromatic rings. The molecule has 1 aliphatic rings. The van der Waals surface area contributed by atoms with E-state index in [1.165, 1.54) is 12.1 Å². The topological polar surface area (TPSA) is 105 Å². The summed E-state index contributed by atoms with van der Waals surface area (Å²) in [5.41, 5.74) is 0.512. The third-order valence-corrected chi connectivity index (χ3v) is 5.57. The number of aliphatic hydroxyl groups excluding tert-OH is 1. The molecule has 0 aliphatic carbocycles. The Labute approximate surface area is 213 Å². The van der Waals surface area contributed by atoms with Crippen LogP contribution in [0.3, 0.4) is 0 Å². The fourth-order valence-corrected chi connectivity index (χ4v) is 3.58. The Hall–Kier alpha value is -2.46. The standard InChI is InChI=1S/C22H24F3IN4O5/c23-17-12-15(26)1-2-18(17)28-21-16(22(32)29-35-10-6-31)11-14(19(24)20(21)25)13-27-34-9-5-30-3-7-33-8-4-30/h1-2,11-13,28,31H,3-10H2,(H,29,32). The van der Waals surface area contributed by atoms with Gasteiger partial charge in [0.1, 0.15) is 12.4 Å². The van der Waals surface area contributed by atoms with Crippen LogP contribution in [0.2, 0.25) is 0 Å². The van der Waals surface area contributed by atoms with E-state index in [0.717, 1.165) is 25.4 Å². The average molecular weight is 608 g/mol. The van der Waals surface area contributed by atoms with Gasteiger partial charge in [-0.25, -0.2) is 18.7 Å². The van der Waals surface area contributed by atoms with E-state index in [-0.39, 0.29) is 36.6 Å². The number of benzene rings is 2. The fraction of sp³-hybridized carbons (Fsp3) is 0.364. The SMILES string of the molecule is O=C(NOCCO)c1cc(C=NOCCN2CCOCC2)c(F)c(F)c1Nc1ccc(I)cc1F. The summed E-state index contributed by atoms with van der Waals surface area (Å²) in [5, 5.41) is 14.9. The first-order valence-corrected chi connectivity index (χ1v) is 11.7. The first-order valence-electron chi connectivity index (χ1n) is 10.6. The molecule has 3 N–H and O–H groups in total. The predicted molar refractivity (Wildman–Crippen MR) is 130 cm³/mol. The number of oxime groups is 1. The number of morpholine rings is 1. The van der Waals surface area contributed by atoms with E-state index in [4.69, 9.17) is 19.5 Å². The minimum absolute atomic E-state index is 0.165. The van der Waals surface area contributed by atoms with Crippen molar-refractivity contribution in [3.63, 3.8) is 0 Å². The van der Waals surface area contributed by atoms with Crippen LogP contribution in [0.15, 0.2) is 29.4 Å². The number of anilines is 2. The highest BCUT2D eigenvalue weighted by atomic mass is 127. The number of hydroxylamine groups is 1. The van der Waals surface area contributed by atoms with Gasteiger partial charge in [0.25, 0.3) is 5.91 Å². The van der Waals surface area contributed by atoms with Crippen LogP contribution >= 0.6 is 22.6 Å². The van der Waals surface area contributed by atoms with Crippen LogP contribution in [0.25, 0.3) is 0 Å². The van der Waals surface area contributed by atoms with E-state index < -0.39 is 29.0 Å². The van der Waals surface area contributed by atoms with Crippen molar-refractivity contribution in [2.24, 2.45) is 5.16 Å². The van der Waals surface area contributed by atoms with E-state index in [9.17, 15) is 13.6 Å². The van der Waals surface area contributed by atoms with Gasteiger partial charge in [-0.2, -0.15) is 0 Å². The number of nitrogens with zero attached hydrogens (tertiary/aromatic N) is 2. The van der Waals surface area contributed by atoms with E-state index >= 15 is 4.39 Å². The van der Waals surface area contributed by atoms with Crippen LogP contribution in [0.1, 0.15) is 15.9 Å². The zero-order valence-electron chi connectivity index (χ0n) is 18.5. The second-order valence-corrected chi connectivity index (χ2v) is 8.54. The highest BCUT2D eigenvalue weighted by Crippen LogP contribution is 2.30. The smallest absolute Gasteiger partial charge is 0.277 e. The predicted octanol–water partition coefficient (Wildman–Crippen LogP) is 2.79. The van der Waals surface area contributed by atoms with Crippen molar-refractivity contribution in [2.45, 2.75) is 0 Å². The number of ether oxygens (including phenoxy) is 1. The second-order valence-electron chi connectivity index (χ2n) is 7.29. The molecule has 9 nitrogen and oxygen atoms in total. The van der Waals surface area contributed by atoms with Gasteiger partial charge in [0, 0.05) is 28.8 Å². The lowest BCUT2D eigenvalue weighted by molar-refractivity contribution is 0.0168. The summed E-state index contributed by atoms with van der Waals surface area (Å²) in [6.07, 6.45) is 0.943. The molecule has 0 atom stereocenters. The molecule has 0 aromatic heterocycles. The Bertz CT molecular complexity index is 1050. The molecule has 1 aliphatic heterocycles. The van der Waals surface area contributed by atoms with Crippen LogP contribution < -0.4 is 10.8 Å². The van der Waals surface area contributed by atoms with E-state index in [2.05, 4.69) is 15.4 Å². The molecule has 0 radical (unpaired) electrons. The number of hydrogen-bond acceptors (Lipinski definition) is 8. The number of halogens is 4. The number of carbonyl (C=O) groups is 1. The van der Waals surface area contributed by atoms with Gasteiger partial charge in [-0.3, -0.25) is 14.5 Å². The quantitative estimate of drug-likeness (QED) is 0.156. The first-order chi connectivity index (χ1) is 16.9. The van der Waals surface area contributed by atoms with Gasteiger partial charge < -0.3 is 20.0 Å². The summed E-state index contributed by atoms with van der Waals surface area (Å²) in [5.74, 6) is -4.41. The van der Waals surface area contributed by atoms with E-state index in [1.807, 2.05) is 28.1 Å². The Morgan fingerprint density at radius 1 is 1.20 bits per heavy atom. The van der Waals surface area contributed by atoms with Crippen molar-refractivity contribution >= 4 is 46.1 Å². The molecular formula is C22H24F3IN4O5. The number of aliphatic hydroxyl groups is 1. The summed E-state index contributed by atoms with van der Waals surface area (Å²) in [7, 11) is 0. The zero-order valence-corrected chi connectivity index (χ0v) is 20.7. The molecule has 190 valence electrons. The molecule has 1 amide bonds. The first kappa shape index (κ1) is 27.1. The summed E-state index contributed by atoms with van der Waals surface area (Å²) >= 11 is 1.90. The van der Waals surface area contributed by atoms with Crippen LogP contribution in [0.4, 0.5) is 24.5 Å². The van der Waals surface area contributed by atoms with Gasteiger partial charge in [-0.1, -0.05) is 5.16 Å². The lowest BCUT2D eigenvalue weighted by atomic mass is 10.1. The normalized spacial score (nSPS) is 14.3. The Kier molecular flexibility index (Phi) is 10.5. The summed E-state index contributed by atoms with van der Waals surface area (Å²) in [6, 6.07) is 5.10. The second kappa shape index (κ2) is 13.6. The van der Waals surface area contributed by atoms with Gasteiger partial charge in [-0.05, 0) is 46.9 Å². The maximum Gasteiger partial charge on any atom is 0.277 e. The number of carbonyl (C=O) groups excluding carboxylic acids is 1. The van der Waals surface area contributed by atoms with Crippen molar-refractivity contribution < 1.29 is 37.5 Å². The van der Waals surface area contributed by atoms with Gasteiger partial charge in [0.2, 0.25) is 0 Å². The average Bonchev–Trinajstić information content (AvgIpc) is 2.85. The van der Waals surface area contributed by atoms with Gasteiger partial charge in [-0.15, -0.1) is 0 Å². The van der Waals surface area contributed by atoms with E-state index in [1.54, 1.807) is 6.07 Å². The molecule has 3 rings (SSSR count). The van der Waals surface area contributed by atoms with Crippen molar-refractivity contribution in [3.8, 4) is 0 Å². The monoisotopic (exact) mass is 608 g/mol. The molecule has 1 saturated heterocycles. The highest BCUT2D eigenvalue weighted by molar-refractivity contribution is 14.1.